The van der Waals surface area contributed by atoms with E-state index in [4.69, 9.17) is 38.4 Å². The molecule has 1 saturated heterocycles. The molecule has 0 spiro atoms. The highest BCUT2D eigenvalue weighted by Crippen LogP contribution is 2.28. The van der Waals surface area contributed by atoms with E-state index in [1.54, 1.807) is 18.2 Å². The molecule has 1 aromatic carbocycles. The standard InChI is InChI=1S/C11H13Cl2NO2/c12-7-1-2-9(13)8(5-7)11(14)10-6-15-3-4-16-10/h1-2,5,10-11H,3-4,6,14H2. The number of benzene rings is 1. The molecular formula is C11H13Cl2NO2. The molecule has 16 heavy (non-hydrogen) atoms. The van der Waals surface area contributed by atoms with Gasteiger partial charge in [0.2, 0.25) is 0 Å². The third-order valence-corrected chi connectivity index (χ3v) is 3.14. The first-order chi connectivity index (χ1) is 7.68. The monoisotopic (exact) mass is 261 g/mol. The number of hydrogen-bond donors (Lipinski definition) is 1. The van der Waals surface area contributed by atoms with E-state index in [-0.39, 0.29) is 12.1 Å². The number of halogens is 2. The van der Waals surface area contributed by atoms with E-state index in [0.29, 0.717) is 29.9 Å². The smallest absolute Gasteiger partial charge is 0.100 e. The fourth-order valence-corrected chi connectivity index (χ4v) is 2.11. The lowest BCUT2D eigenvalue weighted by molar-refractivity contribution is -0.0975. The molecule has 1 aliphatic heterocycles. The Morgan fingerprint density at radius 3 is 2.81 bits per heavy atom. The fourth-order valence-electron chi connectivity index (χ4n) is 1.68. The fraction of sp³-hybridized carbons (Fsp3) is 0.455. The van der Waals surface area contributed by atoms with Gasteiger partial charge in [-0.15, -0.1) is 0 Å². The predicted octanol–water partition coefficient (Wildman–Crippen LogP) is 2.41. The lowest BCUT2D eigenvalue weighted by Crippen LogP contribution is -2.37. The Hall–Kier alpha value is -0.320. The van der Waals surface area contributed by atoms with E-state index in [0.717, 1.165) is 5.56 Å². The largest absolute Gasteiger partial charge is 0.376 e. The van der Waals surface area contributed by atoms with Gasteiger partial charge in [-0.25, -0.2) is 0 Å². The molecule has 5 heteroatoms. The summed E-state index contributed by atoms with van der Waals surface area (Å²) >= 11 is 12.0. The molecule has 2 rings (SSSR count). The summed E-state index contributed by atoms with van der Waals surface area (Å²) in [4.78, 5) is 0. The molecule has 0 bridgehead atoms. The van der Waals surface area contributed by atoms with Crippen molar-refractivity contribution in [2.24, 2.45) is 5.73 Å². The second kappa shape index (κ2) is 5.34. The lowest BCUT2D eigenvalue weighted by atomic mass is 10.0. The molecule has 0 radical (unpaired) electrons. The van der Waals surface area contributed by atoms with Gasteiger partial charge in [-0.3, -0.25) is 0 Å². The molecule has 0 aromatic heterocycles. The van der Waals surface area contributed by atoms with Crippen LogP contribution in [-0.4, -0.2) is 25.9 Å². The minimum Gasteiger partial charge on any atom is -0.376 e. The minimum absolute atomic E-state index is 0.162. The first kappa shape index (κ1) is 12.1. The summed E-state index contributed by atoms with van der Waals surface area (Å²) < 4.78 is 10.9. The number of nitrogens with two attached hydrogens (primary N) is 1. The Morgan fingerprint density at radius 1 is 1.31 bits per heavy atom. The summed E-state index contributed by atoms with van der Waals surface area (Å²) in [7, 11) is 0. The average molecular weight is 262 g/mol. The van der Waals surface area contributed by atoms with Crippen molar-refractivity contribution < 1.29 is 9.47 Å². The molecule has 1 fully saturated rings. The number of hydrogen-bond acceptors (Lipinski definition) is 3. The second-order valence-electron chi connectivity index (χ2n) is 3.68. The van der Waals surface area contributed by atoms with Crippen molar-refractivity contribution in [1.82, 2.24) is 0 Å². The molecule has 3 nitrogen and oxygen atoms in total. The topological polar surface area (TPSA) is 44.5 Å². The van der Waals surface area contributed by atoms with E-state index < -0.39 is 0 Å². The Bertz CT molecular complexity index is 367. The molecule has 1 aromatic rings. The van der Waals surface area contributed by atoms with Gasteiger partial charge >= 0.3 is 0 Å². The van der Waals surface area contributed by atoms with E-state index in [9.17, 15) is 0 Å². The molecule has 2 atom stereocenters. The van der Waals surface area contributed by atoms with Crippen molar-refractivity contribution in [2.75, 3.05) is 19.8 Å². The van der Waals surface area contributed by atoms with Crippen LogP contribution >= 0.6 is 23.2 Å². The van der Waals surface area contributed by atoms with Crippen LogP contribution in [0.4, 0.5) is 0 Å². The van der Waals surface area contributed by atoms with Crippen LogP contribution in [0.3, 0.4) is 0 Å². The molecular weight excluding hydrogens is 249 g/mol. The molecule has 0 saturated carbocycles. The quantitative estimate of drug-likeness (QED) is 0.890. The van der Waals surface area contributed by atoms with Crippen LogP contribution in [-0.2, 0) is 9.47 Å². The summed E-state index contributed by atoms with van der Waals surface area (Å²) in [5.74, 6) is 0. The zero-order chi connectivity index (χ0) is 11.5. The number of ether oxygens (including phenoxy) is 2. The Kier molecular flexibility index (Phi) is 4.05. The number of rotatable bonds is 2. The lowest BCUT2D eigenvalue weighted by Gasteiger charge is -2.28. The van der Waals surface area contributed by atoms with E-state index >= 15 is 0 Å². The van der Waals surface area contributed by atoms with E-state index in [1.165, 1.54) is 0 Å². The van der Waals surface area contributed by atoms with Gasteiger partial charge in [0.25, 0.3) is 0 Å². The van der Waals surface area contributed by atoms with Crippen LogP contribution in [0.5, 0.6) is 0 Å². The molecule has 2 unspecified atom stereocenters. The van der Waals surface area contributed by atoms with Gasteiger partial charge < -0.3 is 15.2 Å². The second-order valence-corrected chi connectivity index (χ2v) is 4.52. The molecule has 88 valence electrons. The van der Waals surface area contributed by atoms with Crippen molar-refractivity contribution in [2.45, 2.75) is 12.1 Å². The van der Waals surface area contributed by atoms with Crippen LogP contribution in [0, 0.1) is 0 Å². The highest BCUT2D eigenvalue weighted by Gasteiger charge is 2.25. The Labute approximate surface area is 104 Å². The van der Waals surface area contributed by atoms with Gasteiger partial charge in [0.1, 0.15) is 6.10 Å². The van der Waals surface area contributed by atoms with Crippen molar-refractivity contribution >= 4 is 23.2 Å². The van der Waals surface area contributed by atoms with Gasteiger partial charge in [-0.1, -0.05) is 23.2 Å². The molecule has 0 amide bonds. The van der Waals surface area contributed by atoms with Crippen molar-refractivity contribution in [3.05, 3.63) is 33.8 Å². The highest BCUT2D eigenvalue weighted by atomic mass is 35.5. The van der Waals surface area contributed by atoms with E-state index in [1.807, 2.05) is 0 Å². The Balaban J connectivity index is 2.18. The van der Waals surface area contributed by atoms with Gasteiger partial charge in [-0.2, -0.15) is 0 Å². The van der Waals surface area contributed by atoms with Gasteiger partial charge in [0.05, 0.1) is 25.9 Å². The normalized spacial score (nSPS) is 23.1. The maximum atomic E-state index is 6.09. The third kappa shape index (κ3) is 2.67. The van der Waals surface area contributed by atoms with E-state index in [2.05, 4.69) is 0 Å². The molecule has 1 heterocycles. The van der Waals surface area contributed by atoms with Crippen molar-refractivity contribution in [1.29, 1.82) is 0 Å². The molecule has 1 aliphatic rings. The highest BCUT2D eigenvalue weighted by molar-refractivity contribution is 6.33. The van der Waals surface area contributed by atoms with Crippen LogP contribution in [0.1, 0.15) is 11.6 Å². The maximum Gasteiger partial charge on any atom is 0.100 e. The van der Waals surface area contributed by atoms with Gasteiger partial charge in [-0.05, 0) is 23.8 Å². The van der Waals surface area contributed by atoms with Crippen molar-refractivity contribution in [3.63, 3.8) is 0 Å². The maximum absolute atomic E-state index is 6.09. The summed E-state index contributed by atoms with van der Waals surface area (Å²) in [6, 6.07) is 4.93. The van der Waals surface area contributed by atoms with Gasteiger partial charge in [0, 0.05) is 10.0 Å². The van der Waals surface area contributed by atoms with Crippen LogP contribution in [0.2, 0.25) is 10.0 Å². The van der Waals surface area contributed by atoms with Crippen LogP contribution in [0.15, 0.2) is 18.2 Å². The Morgan fingerprint density at radius 2 is 2.12 bits per heavy atom. The zero-order valence-corrected chi connectivity index (χ0v) is 10.2. The third-order valence-electron chi connectivity index (χ3n) is 2.56. The SMILES string of the molecule is NC(c1cc(Cl)ccc1Cl)C1COCCO1. The average Bonchev–Trinajstić information content (AvgIpc) is 2.32. The minimum atomic E-state index is -0.313. The van der Waals surface area contributed by atoms with Gasteiger partial charge in [0.15, 0.2) is 0 Å². The van der Waals surface area contributed by atoms with Crippen LogP contribution < -0.4 is 5.73 Å². The molecule has 0 aliphatic carbocycles. The summed E-state index contributed by atoms with van der Waals surface area (Å²) in [5, 5.41) is 1.22. The zero-order valence-electron chi connectivity index (χ0n) is 8.66. The van der Waals surface area contributed by atoms with Crippen LogP contribution in [0.25, 0.3) is 0 Å². The molecule has 2 N–H and O–H groups in total. The summed E-state index contributed by atoms with van der Waals surface area (Å²) in [6.07, 6.45) is -0.162. The van der Waals surface area contributed by atoms with Crippen molar-refractivity contribution in [3.8, 4) is 0 Å². The first-order valence-corrected chi connectivity index (χ1v) is 5.84. The summed E-state index contributed by atoms with van der Waals surface area (Å²) in [6.45, 7) is 1.67. The predicted molar refractivity (Wildman–Crippen MR) is 63.9 cm³/mol. The summed E-state index contributed by atoms with van der Waals surface area (Å²) in [5.41, 5.74) is 6.89. The first-order valence-electron chi connectivity index (χ1n) is 5.08.